The molecule has 6 heteroatoms. The predicted molar refractivity (Wildman–Crippen MR) is 130 cm³/mol. The minimum atomic E-state index is -0.419. The zero-order chi connectivity index (χ0) is 21.6. The molecule has 2 heterocycles. The van der Waals surface area contributed by atoms with Crippen LogP contribution in [0.5, 0.6) is 0 Å². The molecule has 2 aromatic carbocycles. The number of halogens is 1. The van der Waals surface area contributed by atoms with Crippen LogP contribution in [0.2, 0.25) is 5.02 Å². The van der Waals surface area contributed by atoms with Crippen LogP contribution in [0.15, 0.2) is 42.5 Å². The Morgan fingerprint density at radius 1 is 1.03 bits per heavy atom. The summed E-state index contributed by atoms with van der Waals surface area (Å²) in [5, 5.41) is 4.12. The fraction of sp³-hybridized carbons (Fsp3) is 0.480. The van der Waals surface area contributed by atoms with E-state index in [9.17, 15) is 4.79 Å². The first-order valence-corrected chi connectivity index (χ1v) is 11.9. The summed E-state index contributed by atoms with van der Waals surface area (Å²) in [7, 11) is 0. The van der Waals surface area contributed by atoms with Crippen LogP contribution in [0.3, 0.4) is 0 Å². The summed E-state index contributed by atoms with van der Waals surface area (Å²) < 4.78 is 0. The lowest BCUT2D eigenvalue weighted by atomic mass is 9.92. The maximum Gasteiger partial charge on any atom is 0.248 e. The number of nitrogens with zero attached hydrogens (tertiary/aromatic N) is 2. The van der Waals surface area contributed by atoms with Gasteiger partial charge in [0.05, 0.1) is 11.4 Å². The van der Waals surface area contributed by atoms with Crippen molar-refractivity contribution in [1.29, 1.82) is 0 Å². The molecule has 0 saturated carbocycles. The second kappa shape index (κ2) is 10.4. The Morgan fingerprint density at radius 3 is 2.52 bits per heavy atom. The molecule has 2 saturated heterocycles. The van der Waals surface area contributed by atoms with E-state index in [4.69, 9.17) is 17.3 Å². The largest absolute Gasteiger partial charge is 0.370 e. The van der Waals surface area contributed by atoms with Gasteiger partial charge in [0, 0.05) is 29.4 Å². The molecule has 0 aromatic heterocycles. The number of nitrogens with two attached hydrogens (primary N) is 1. The SMILES string of the molecule is NC(=O)c1ccc(N2CCC(CCN3CCCCC3)CC2)c(Nc2cccc(Cl)c2)c1. The maximum absolute atomic E-state index is 11.7. The number of anilines is 3. The minimum Gasteiger partial charge on any atom is -0.370 e. The van der Waals surface area contributed by atoms with Crippen LogP contribution >= 0.6 is 11.6 Å². The Hall–Kier alpha value is -2.24. The van der Waals surface area contributed by atoms with Crippen LogP contribution in [0.25, 0.3) is 0 Å². The number of likely N-dealkylation sites (tertiary alicyclic amines) is 1. The van der Waals surface area contributed by atoms with Gasteiger partial charge in [-0.3, -0.25) is 4.79 Å². The quantitative estimate of drug-likeness (QED) is 0.615. The van der Waals surface area contributed by atoms with E-state index in [1.54, 1.807) is 0 Å². The molecular weight excluding hydrogens is 408 g/mol. The molecule has 2 fully saturated rings. The highest BCUT2D eigenvalue weighted by Gasteiger charge is 2.23. The number of carbonyl (C=O) groups is 1. The van der Waals surface area contributed by atoms with E-state index in [0.717, 1.165) is 36.1 Å². The van der Waals surface area contributed by atoms with Crippen molar-refractivity contribution in [2.24, 2.45) is 11.7 Å². The van der Waals surface area contributed by atoms with Crippen molar-refractivity contribution in [2.75, 3.05) is 42.9 Å². The molecule has 4 rings (SSSR count). The Morgan fingerprint density at radius 2 is 1.81 bits per heavy atom. The Bertz CT molecular complexity index is 889. The third-order valence-corrected chi connectivity index (χ3v) is 6.88. The van der Waals surface area contributed by atoms with Gasteiger partial charge in [0.1, 0.15) is 0 Å². The topological polar surface area (TPSA) is 61.6 Å². The molecule has 3 N–H and O–H groups in total. The van der Waals surface area contributed by atoms with Gasteiger partial charge in [-0.05, 0) is 94.1 Å². The molecule has 0 aliphatic carbocycles. The second-order valence-corrected chi connectivity index (χ2v) is 9.29. The van der Waals surface area contributed by atoms with Crippen molar-refractivity contribution < 1.29 is 4.79 Å². The molecule has 2 aliphatic rings. The molecule has 166 valence electrons. The summed E-state index contributed by atoms with van der Waals surface area (Å²) in [5.74, 6) is 0.379. The standard InChI is InChI=1S/C25H33ClN4O/c26-21-5-4-6-22(18-21)28-23-17-20(25(27)31)7-8-24(23)30-15-10-19(11-16-30)9-14-29-12-2-1-3-13-29/h4-8,17-19,28H,1-3,9-16H2,(H2,27,31). The van der Waals surface area contributed by atoms with Gasteiger partial charge < -0.3 is 20.9 Å². The van der Waals surface area contributed by atoms with Crippen LogP contribution in [-0.4, -0.2) is 43.5 Å². The fourth-order valence-electron chi connectivity index (χ4n) is 4.80. The summed E-state index contributed by atoms with van der Waals surface area (Å²) in [6, 6.07) is 13.3. The van der Waals surface area contributed by atoms with E-state index in [-0.39, 0.29) is 0 Å². The average Bonchev–Trinajstić information content (AvgIpc) is 2.79. The zero-order valence-electron chi connectivity index (χ0n) is 18.2. The summed E-state index contributed by atoms with van der Waals surface area (Å²) in [6.45, 7) is 5.88. The Balaban J connectivity index is 1.42. The molecule has 0 atom stereocenters. The van der Waals surface area contributed by atoms with E-state index in [2.05, 4.69) is 15.1 Å². The molecule has 2 aromatic rings. The van der Waals surface area contributed by atoms with E-state index < -0.39 is 5.91 Å². The smallest absolute Gasteiger partial charge is 0.248 e. The first-order valence-electron chi connectivity index (χ1n) is 11.5. The molecule has 31 heavy (non-hydrogen) atoms. The van der Waals surface area contributed by atoms with Crippen molar-refractivity contribution in [1.82, 2.24) is 4.90 Å². The number of rotatable bonds is 7. The monoisotopic (exact) mass is 440 g/mol. The van der Waals surface area contributed by atoms with Gasteiger partial charge in [0.15, 0.2) is 0 Å². The van der Waals surface area contributed by atoms with Gasteiger partial charge in [0.25, 0.3) is 0 Å². The van der Waals surface area contributed by atoms with Crippen LogP contribution in [0.1, 0.15) is 48.9 Å². The summed E-state index contributed by atoms with van der Waals surface area (Å²) >= 11 is 6.16. The van der Waals surface area contributed by atoms with Crippen LogP contribution in [0.4, 0.5) is 17.1 Å². The van der Waals surface area contributed by atoms with Crippen LogP contribution in [-0.2, 0) is 0 Å². The number of carbonyl (C=O) groups excluding carboxylic acids is 1. The van der Waals surface area contributed by atoms with E-state index in [1.807, 2.05) is 42.5 Å². The van der Waals surface area contributed by atoms with Gasteiger partial charge in [-0.2, -0.15) is 0 Å². The Labute approximate surface area is 190 Å². The molecule has 2 aliphatic heterocycles. The van der Waals surface area contributed by atoms with E-state index in [1.165, 1.54) is 58.2 Å². The van der Waals surface area contributed by atoms with Crippen molar-refractivity contribution >= 4 is 34.6 Å². The van der Waals surface area contributed by atoms with Crippen molar-refractivity contribution in [3.8, 4) is 0 Å². The minimum absolute atomic E-state index is 0.419. The highest BCUT2D eigenvalue weighted by atomic mass is 35.5. The van der Waals surface area contributed by atoms with Gasteiger partial charge in [-0.15, -0.1) is 0 Å². The first-order chi connectivity index (χ1) is 15.1. The Kier molecular flexibility index (Phi) is 7.36. The third-order valence-electron chi connectivity index (χ3n) is 6.64. The summed E-state index contributed by atoms with van der Waals surface area (Å²) in [5.41, 5.74) is 8.94. The van der Waals surface area contributed by atoms with Crippen LogP contribution in [0, 0.1) is 5.92 Å². The van der Waals surface area contributed by atoms with Crippen molar-refractivity contribution in [3.05, 3.63) is 53.1 Å². The number of primary amides is 1. The molecule has 0 bridgehead atoms. The maximum atomic E-state index is 11.7. The van der Waals surface area contributed by atoms with Crippen LogP contribution < -0.4 is 16.0 Å². The summed E-state index contributed by atoms with van der Waals surface area (Å²) in [6.07, 6.45) is 7.85. The number of piperidine rings is 2. The lowest BCUT2D eigenvalue weighted by Gasteiger charge is -2.36. The number of hydrogen-bond donors (Lipinski definition) is 2. The third kappa shape index (κ3) is 5.92. The van der Waals surface area contributed by atoms with Gasteiger partial charge in [-0.1, -0.05) is 24.1 Å². The van der Waals surface area contributed by atoms with Gasteiger partial charge in [-0.25, -0.2) is 0 Å². The molecule has 0 unspecified atom stereocenters. The molecular formula is C25H33ClN4O. The highest BCUT2D eigenvalue weighted by molar-refractivity contribution is 6.30. The number of hydrogen-bond acceptors (Lipinski definition) is 4. The van der Waals surface area contributed by atoms with Gasteiger partial charge >= 0.3 is 0 Å². The molecule has 1 amide bonds. The second-order valence-electron chi connectivity index (χ2n) is 8.85. The predicted octanol–water partition coefficient (Wildman–Crippen LogP) is 5.27. The molecule has 0 spiro atoms. The van der Waals surface area contributed by atoms with Gasteiger partial charge in [0.2, 0.25) is 5.91 Å². The molecule has 5 nitrogen and oxygen atoms in total. The van der Waals surface area contributed by atoms with E-state index >= 15 is 0 Å². The average molecular weight is 441 g/mol. The molecule has 0 radical (unpaired) electrons. The lowest BCUT2D eigenvalue weighted by molar-refractivity contribution is 0.100. The number of nitrogens with one attached hydrogen (secondary N) is 1. The lowest BCUT2D eigenvalue weighted by Crippen LogP contribution is -2.36. The van der Waals surface area contributed by atoms with Crippen molar-refractivity contribution in [2.45, 2.75) is 38.5 Å². The normalized spacial score (nSPS) is 18.2. The number of amides is 1. The fourth-order valence-corrected chi connectivity index (χ4v) is 4.99. The van der Waals surface area contributed by atoms with Crippen molar-refractivity contribution in [3.63, 3.8) is 0 Å². The number of benzene rings is 2. The first kappa shape index (κ1) is 22.0. The zero-order valence-corrected chi connectivity index (χ0v) is 18.9. The summed E-state index contributed by atoms with van der Waals surface area (Å²) in [4.78, 5) is 16.8. The van der Waals surface area contributed by atoms with E-state index in [0.29, 0.717) is 10.6 Å². The highest BCUT2D eigenvalue weighted by Crippen LogP contribution is 2.34.